The summed E-state index contributed by atoms with van der Waals surface area (Å²) in [5, 5.41) is 14.7. The molecule has 2 rings (SSSR count). The lowest BCUT2D eigenvalue weighted by Gasteiger charge is -2.22. The molecule has 0 radical (unpaired) electrons. The molecule has 0 heterocycles. The third-order valence-corrected chi connectivity index (χ3v) is 4.89. The SMILES string of the molecule is CC(NC(=O)CC1CCCCC1)C(=O)NCCc1ccc(CO)cc1. The molecule has 0 aromatic heterocycles. The van der Waals surface area contributed by atoms with E-state index in [1.165, 1.54) is 19.3 Å². The molecule has 25 heavy (non-hydrogen) atoms. The smallest absolute Gasteiger partial charge is 0.242 e. The Balaban J connectivity index is 1.65. The Kier molecular flexibility index (Phi) is 7.92. The molecule has 5 nitrogen and oxygen atoms in total. The molecule has 1 atom stereocenters. The van der Waals surface area contributed by atoms with Crippen molar-refractivity contribution >= 4 is 11.8 Å². The number of aliphatic hydroxyl groups excluding tert-OH is 1. The van der Waals surface area contributed by atoms with Crippen molar-refractivity contribution in [2.75, 3.05) is 6.54 Å². The number of amides is 2. The van der Waals surface area contributed by atoms with Crippen LogP contribution < -0.4 is 10.6 Å². The third kappa shape index (κ3) is 6.86. The summed E-state index contributed by atoms with van der Waals surface area (Å²) < 4.78 is 0. The Morgan fingerprint density at radius 1 is 1.12 bits per heavy atom. The highest BCUT2D eigenvalue weighted by atomic mass is 16.3. The van der Waals surface area contributed by atoms with E-state index in [0.29, 0.717) is 18.9 Å². The van der Waals surface area contributed by atoms with E-state index in [2.05, 4.69) is 10.6 Å². The molecule has 138 valence electrons. The Morgan fingerprint density at radius 3 is 2.40 bits per heavy atom. The molecule has 3 N–H and O–H groups in total. The lowest BCUT2D eigenvalue weighted by Crippen LogP contribution is -2.45. The van der Waals surface area contributed by atoms with Crippen molar-refractivity contribution in [1.82, 2.24) is 10.6 Å². The van der Waals surface area contributed by atoms with Crippen LogP contribution in [-0.4, -0.2) is 29.5 Å². The molecule has 1 saturated carbocycles. The van der Waals surface area contributed by atoms with Gasteiger partial charge in [0.15, 0.2) is 0 Å². The normalized spacial score (nSPS) is 16.2. The number of nitrogens with one attached hydrogen (secondary N) is 2. The van der Waals surface area contributed by atoms with Crippen LogP contribution in [0.4, 0.5) is 0 Å². The van der Waals surface area contributed by atoms with Crippen LogP contribution in [0.1, 0.15) is 56.6 Å². The van der Waals surface area contributed by atoms with Crippen LogP contribution >= 0.6 is 0 Å². The fraction of sp³-hybridized carbons (Fsp3) is 0.600. The molecule has 1 aliphatic rings. The van der Waals surface area contributed by atoms with Crippen LogP contribution in [0, 0.1) is 5.92 Å². The molecule has 0 aliphatic heterocycles. The predicted octanol–water partition coefficient (Wildman–Crippen LogP) is 2.31. The molecule has 1 aromatic rings. The molecular formula is C20H30N2O3. The Labute approximate surface area is 150 Å². The predicted molar refractivity (Wildman–Crippen MR) is 97.9 cm³/mol. The van der Waals surface area contributed by atoms with E-state index in [1.807, 2.05) is 24.3 Å². The maximum absolute atomic E-state index is 12.1. The maximum Gasteiger partial charge on any atom is 0.242 e. The summed E-state index contributed by atoms with van der Waals surface area (Å²) in [6.07, 6.45) is 7.22. The second-order valence-electron chi connectivity index (χ2n) is 7.01. The van der Waals surface area contributed by atoms with Crippen LogP contribution in [0.3, 0.4) is 0 Å². The van der Waals surface area contributed by atoms with Gasteiger partial charge in [-0.1, -0.05) is 43.5 Å². The van der Waals surface area contributed by atoms with Gasteiger partial charge in [-0.15, -0.1) is 0 Å². The van der Waals surface area contributed by atoms with Crippen molar-refractivity contribution in [3.63, 3.8) is 0 Å². The highest BCUT2D eigenvalue weighted by molar-refractivity contribution is 5.87. The molecule has 1 aliphatic carbocycles. The first-order chi connectivity index (χ1) is 12.1. The first-order valence-corrected chi connectivity index (χ1v) is 9.34. The van der Waals surface area contributed by atoms with Gasteiger partial charge in [0.05, 0.1) is 6.61 Å². The standard InChI is InChI=1S/C20H30N2O3/c1-15(22-19(24)13-17-5-3-2-4-6-17)20(25)21-12-11-16-7-9-18(14-23)10-8-16/h7-10,15,17,23H,2-6,11-14H2,1H3,(H,21,25)(H,22,24). The lowest BCUT2D eigenvalue weighted by atomic mass is 9.87. The highest BCUT2D eigenvalue weighted by Gasteiger charge is 2.20. The van der Waals surface area contributed by atoms with E-state index in [9.17, 15) is 9.59 Å². The number of rotatable bonds is 8. The summed E-state index contributed by atoms with van der Waals surface area (Å²) in [4.78, 5) is 24.2. The molecule has 2 amide bonds. The minimum absolute atomic E-state index is 0.0193. The number of carbonyl (C=O) groups excluding carboxylic acids is 2. The van der Waals surface area contributed by atoms with E-state index < -0.39 is 6.04 Å². The number of aliphatic hydroxyl groups is 1. The average molecular weight is 346 g/mol. The number of benzene rings is 1. The average Bonchev–Trinajstić information content (AvgIpc) is 2.63. The minimum Gasteiger partial charge on any atom is -0.392 e. The summed E-state index contributed by atoms with van der Waals surface area (Å²) in [5.74, 6) is 0.309. The van der Waals surface area contributed by atoms with Gasteiger partial charge in [-0.05, 0) is 43.2 Å². The minimum atomic E-state index is -0.507. The van der Waals surface area contributed by atoms with Crippen molar-refractivity contribution in [2.45, 2.75) is 64.5 Å². The number of hydrogen-bond donors (Lipinski definition) is 3. The van der Waals surface area contributed by atoms with Gasteiger partial charge < -0.3 is 15.7 Å². The van der Waals surface area contributed by atoms with Gasteiger partial charge in [0.25, 0.3) is 0 Å². The number of hydrogen-bond acceptors (Lipinski definition) is 3. The van der Waals surface area contributed by atoms with Crippen LogP contribution in [0.25, 0.3) is 0 Å². The van der Waals surface area contributed by atoms with Crippen molar-refractivity contribution < 1.29 is 14.7 Å². The van der Waals surface area contributed by atoms with Gasteiger partial charge >= 0.3 is 0 Å². The van der Waals surface area contributed by atoms with E-state index in [-0.39, 0.29) is 18.4 Å². The Hall–Kier alpha value is -1.88. The van der Waals surface area contributed by atoms with Crippen molar-refractivity contribution in [2.24, 2.45) is 5.92 Å². The summed E-state index contributed by atoms with van der Waals surface area (Å²) in [6, 6.07) is 7.16. The third-order valence-electron chi connectivity index (χ3n) is 4.89. The molecule has 1 unspecified atom stereocenters. The summed E-state index contributed by atoms with van der Waals surface area (Å²) in [7, 11) is 0. The fourth-order valence-corrected chi connectivity index (χ4v) is 3.31. The van der Waals surface area contributed by atoms with Gasteiger partial charge in [0.2, 0.25) is 11.8 Å². The second-order valence-corrected chi connectivity index (χ2v) is 7.01. The Bertz CT molecular complexity index is 551. The molecule has 0 bridgehead atoms. The van der Waals surface area contributed by atoms with Gasteiger partial charge in [0.1, 0.15) is 6.04 Å². The van der Waals surface area contributed by atoms with E-state index in [0.717, 1.165) is 30.4 Å². The first kappa shape index (κ1) is 19.4. The molecule has 1 aromatic carbocycles. The molecular weight excluding hydrogens is 316 g/mol. The fourth-order valence-electron chi connectivity index (χ4n) is 3.31. The summed E-state index contributed by atoms with van der Waals surface area (Å²) in [5.41, 5.74) is 1.98. The molecule has 0 saturated heterocycles. The second kappa shape index (κ2) is 10.2. The summed E-state index contributed by atoms with van der Waals surface area (Å²) >= 11 is 0. The van der Waals surface area contributed by atoms with Crippen LogP contribution in [0.15, 0.2) is 24.3 Å². The van der Waals surface area contributed by atoms with Crippen molar-refractivity contribution in [1.29, 1.82) is 0 Å². The maximum atomic E-state index is 12.1. The molecule has 0 spiro atoms. The quantitative estimate of drug-likeness (QED) is 0.676. The monoisotopic (exact) mass is 346 g/mol. The first-order valence-electron chi connectivity index (χ1n) is 9.34. The van der Waals surface area contributed by atoms with Crippen LogP contribution in [0.2, 0.25) is 0 Å². The topological polar surface area (TPSA) is 78.4 Å². The van der Waals surface area contributed by atoms with Crippen LogP contribution in [-0.2, 0) is 22.6 Å². The zero-order valence-electron chi connectivity index (χ0n) is 15.1. The van der Waals surface area contributed by atoms with Gasteiger partial charge in [-0.2, -0.15) is 0 Å². The largest absolute Gasteiger partial charge is 0.392 e. The highest BCUT2D eigenvalue weighted by Crippen LogP contribution is 2.26. The van der Waals surface area contributed by atoms with Gasteiger partial charge in [-0.25, -0.2) is 0 Å². The van der Waals surface area contributed by atoms with E-state index in [1.54, 1.807) is 6.92 Å². The van der Waals surface area contributed by atoms with Crippen molar-refractivity contribution in [3.8, 4) is 0 Å². The van der Waals surface area contributed by atoms with E-state index in [4.69, 9.17) is 5.11 Å². The molecule has 5 heteroatoms. The summed E-state index contributed by atoms with van der Waals surface area (Å²) in [6.45, 7) is 2.29. The zero-order chi connectivity index (χ0) is 18.1. The van der Waals surface area contributed by atoms with Gasteiger partial charge in [-0.3, -0.25) is 9.59 Å². The zero-order valence-corrected chi connectivity index (χ0v) is 15.1. The lowest BCUT2D eigenvalue weighted by molar-refractivity contribution is -0.129. The van der Waals surface area contributed by atoms with Crippen molar-refractivity contribution in [3.05, 3.63) is 35.4 Å². The van der Waals surface area contributed by atoms with E-state index >= 15 is 0 Å². The van der Waals surface area contributed by atoms with Crippen LogP contribution in [0.5, 0.6) is 0 Å². The van der Waals surface area contributed by atoms with Gasteiger partial charge in [0, 0.05) is 13.0 Å². The number of carbonyl (C=O) groups is 2. The molecule has 1 fully saturated rings. The Morgan fingerprint density at radius 2 is 1.76 bits per heavy atom.